The molecule has 5 nitrogen and oxygen atoms in total. The summed E-state index contributed by atoms with van der Waals surface area (Å²) < 4.78 is 29.3. The second-order valence-electron chi connectivity index (χ2n) is 4.91. The second-order valence-corrected chi connectivity index (χ2v) is 4.91. The van der Waals surface area contributed by atoms with Gasteiger partial charge in [0.2, 0.25) is 0 Å². The zero-order valence-electron chi connectivity index (χ0n) is 12.7. The summed E-state index contributed by atoms with van der Waals surface area (Å²) in [7, 11) is 0. The number of nitrogens with one attached hydrogen (secondary N) is 2. The Balaban J connectivity index is 2.51. The number of alkyl halides is 2. The molecule has 1 unspecified atom stereocenters. The smallest absolute Gasteiger partial charge is 0.319 e. The fraction of sp³-hybridized carbons (Fsp3) is 0.533. The third-order valence-electron chi connectivity index (χ3n) is 3.05. The molecule has 0 heterocycles. The molecule has 0 saturated carbocycles. The van der Waals surface area contributed by atoms with Crippen LogP contribution >= 0.6 is 0 Å². The first-order valence-corrected chi connectivity index (χ1v) is 7.16. The van der Waals surface area contributed by atoms with Crippen LogP contribution in [0.4, 0.5) is 19.3 Å². The molecule has 1 aromatic carbocycles. The highest BCUT2D eigenvalue weighted by atomic mass is 19.3. The lowest BCUT2D eigenvalue weighted by atomic mass is 10.2. The molecule has 1 aromatic rings. The van der Waals surface area contributed by atoms with Gasteiger partial charge in [-0.2, -0.15) is 0 Å². The quantitative estimate of drug-likeness (QED) is 0.690. The fourth-order valence-corrected chi connectivity index (χ4v) is 1.72. The van der Waals surface area contributed by atoms with Crippen LogP contribution in [-0.2, 0) is 0 Å². The van der Waals surface area contributed by atoms with E-state index in [0.717, 1.165) is 0 Å². The number of halogens is 2. The average molecular weight is 316 g/mol. The zero-order valence-corrected chi connectivity index (χ0v) is 12.7. The van der Waals surface area contributed by atoms with Gasteiger partial charge >= 0.3 is 6.03 Å². The maximum absolute atomic E-state index is 12.2. The Kier molecular flexibility index (Phi) is 7.59. The monoisotopic (exact) mass is 316 g/mol. The summed E-state index contributed by atoms with van der Waals surface area (Å²) in [6.07, 6.45) is -1.88. The molecule has 1 rings (SSSR count). The minimum absolute atomic E-state index is 0.305. The largest absolute Gasteiger partial charge is 0.487 e. The molecule has 7 heteroatoms. The Morgan fingerprint density at radius 3 is 2.77 bits per heavy atom. The molecule has 124 valence electrons. The first kappa shape index (κ1) is 18.2. The summed E-state index contributed by atoms with van der Waals surface area (Å²) in [5, 5.41) is 14.6. The molecule has 1 atom stereocenters. The number of anilines is 1. The van der Waals surface area contributed by atoms with E-state index in [2.05, 4.69) is 10.6 Å². The minimum Gasteiger partial charge on any atom is -0.487 e. The van der Waals surface area contributed by atoms with Gasteiger partial charge in [0.15, 0.2) is 0 Å². The topological polar surface area (TPSA) is 70.6 Å². The van der Waals surface area contributed by atoms with E-state index in [1.165, 1.54) is 6.07 Å². The average Bonchev–Trinajstić information content (AvgIpc) is 2.47. The van der Waals surface area contributed by atoms with E-state index in [1.807, 2.05) is 6.92 Å². The van der Waals surface area contributed by atoms with Crippen molar-refractivity contribution in [1.29, 1.82) is 0 Å². The molecule has 0 fully saturated rings. The molecule has 0 aromatic heterocycles. The lowest BCUT2D eigenvalue weighted by Gasteiger charge is -2.13. The van der Waals surface area contributed by atoms with E-state index in [9.17, 15) is 18.7 Å². The van der Waals surface area contributed by atoms with Crippen LogP contribution in [0.5, 0.6) is 5.75 Å². The molecule has 0 aliphatic heterocycles. The van der Waals surface area contributed by atoms with Gasteiger partial charge in [-0.25, -0.2) is 13.6 Å². The van der Waals surface area contributed by atoms with Crippen molar-refractivity contribution in [2.75, 3.05) is 18.5 Å². The van der Waals surface area contributed by atoms with Crippen LogP contribution in [0.1, 0.15) is 25.3 Å². The lowest BCUT2D eigenvalue weighted by Crippen LogP contribution is -2.31. The highest BCUT2D eigenvalue weighted by Gasteiger charge is 2.09. The molecule has 22 heavy (non-hydrogen) atoms. The highest BCUT2D eigenvalue weighted by molar-refractivity contribution is 5.89. The number of rotatable bonds is 8. The van der Waals surface area contributed by atoms with Crippen molar-refractivity contribution in [3.05, 3.63) is 23.8 Å². The van der Waals surface area contributed by atoms with Gasteiger partial charge in [-0.15, -0.1) is 0 Å². The van der Waals surface area contributed by atoms with E-state index in [4.69, 9.17) is 4.74 Å². The summed E-state index contributed by atoms with van der Waals surface area (Å²) in [4.78, 5) is 11.7. The maximum atomic E-state index is 12.2. The van der Waals surface area contributed by atoms with E-state index in [0.29, 0.717) is 36.4 Å². The molecule has 2 amide bonds. The third-order valence-corrected chi connectivity index (χ3v) is 3.05. The molecule has 0 saturated heterocycles. The lowest BCUT2D eigenvalue weighted by molar-refractivity contribution is 0.0816. The Labute approximate surface area is 128 Å². The second kappa shape index (κ2) is 9.19. The van der Waals surface area contributed by atoms with Crippen molar-refractivity contribution in [2.24, 2.45) is 0 Å². The zero-order chi connectivity index (χ0) is 16.5. The number of benzene rings is 1. The van der Waals surface area contributed by atoms with Gasteiger partial charge in [-0.05, 0) is 31.4 Å². The summed E-state index contributed by atoms with van der Waals surface area (Å²) in [6, 6.07) is 4.41. The first-order chi connectivity index (χ1) is 10.4. The highest BCUT2D eigenvalue weighted by Crippen LogP contribution is 2.23. The molecule has 0 bridgehead atoms. The van der Waals surface area contributed by atoms with Crippen LogP contribution in [-0.4, -0.2) is 36.8 Å². The summed E-state index contributed by atoms with van der Waals surface area (Å²) in [5.41, 5.74) is 1.15. The minimum atomic E-state index is -2.55. The Hall–Kier alpha value is -1.89. The SMILES string of the molecule is CCC(O)CCNC(=O)Nc1ccc(C)c(OCC(F)F)c1. The van der Waals surface area contributed by atoms with Crippen LogP contribution in [0.15, 0.2) is 18.2 Å². The molecular weight excluding hydrogens is 294 g/mol. The number of amides is 2. The summed E-state index contributed by atoms with van der Waals surface area (Å²) in [6.45, 7) is 3.25. The molecule has 0 aliphatic rings. The molecular formula is C15H22F2N2O3. The van der Waals surface area contributed by atoms with Crippen LogP contribution in [0, 0.1) is 6.92 Å². The molecule has 3 N–H and O–H groups in total. The normalized spacial score (nSPS) is 12.1. The van der Waals surface area contributed by atoms with Crippen LogP contribution in [0.25, 0.3) is 0 Å². The van der Waals surface area contributed by atoms with Crippen LogP contribution in [0.2, 0.25) is 0 Å². The maximum Gasteiger partial charge on any atom is 0.319 e. The number of hydrogen-bond acceptors (Lipinski definition) is 3. The number of carbonyl (C=O) groups is 1. The van der Waals surface area contributed by atoms with Gasteiger partial charge in [-0.3, -0.25) is 0 Å². The fourth-order valence-electron chi connectivity index (χ4n) is 1.72. The predicted octanol–water partition coefficient (Wildman–Crippen LogP) is 2.92. The van der Waals surface area contributed by atoms with Crippen molar-refractivity contribution in [2.45, 2.75) is 39.2 Å². The molecule has 0 spiro atoms. The van der Waals surface area contributed by atoms with E-state index >= 15 is 0 Å². The van der Waals surface area contributed by atoms with E-state index in [1.54, 1.807) is 19.1 Å². The van der Waals surface area contributed by atoms with Crippen molar-refractivity contribution in [3.8, 4) is 5.75 Å². The van der Waals surface area contributed by atoms with Gasteiger partial charge in [0.05, 0.1) is 6.10 Å². The summed E-state index contributed by atoms with van der Waals surface area (Å²) >= 11 is 0. The van der Waals surface area contributed by atoms with Crippen molar-refractivity contribution >= 4 is 11.7 Å². The predicted molar refractivity (Wildman–Crippen MR) is 80.6 cm³/mol. The molecule has 0 radical (unpaired) electrons. The Bertz CT molecular complexity index is 484. The number of aliphatic hydroxyl groups excluding tert-OH is 1. The van der Waals surface area contributed by atoms with Crippen molar-refractivity contribution in [1.82, 2.24) is 5.32 Å². The first-order valence-electron chi connectivity index (χ1n) is 7.16. The number of urea groups is 1. The number of hydrogen-bond donors (Lipinski definition) is 3. The Morgan fingerprint density at radius 1 is 1.41 bits per heavy atom. The third kappa shape index (κ3) is 6.71. The number of ether oxygens (including phenoxy) is 1. The van der Waals surface area contributed by atoms with Gasteiger partial charge < -0.3 is 20.5 Å². The molecule has 0 aliphatic carbocycles. The van der Waals surface area contributed by atoms with Crippen LogP contribution < -0.4 is 15.4 Å². The van der Waals surface area contributed by atoms with Crippen LogP contribution in [0.3, 0.4) is 0 Å². The van der Waals surface area contributed by atoms with Gasteiger partial charge in [0.25, 0.3) is 6.43 Å². The van der Waals surface area contributed by atoms with Crippen molar-refractivity contribution in [3.63, 3.8) is 0 Å². The standard InChI is InChI=1S/C15H22F2N2O3/c1-3-12(20)6-7-18-15(21)19-11-5-4-10(2)13(8-11)22-9-14(16)17/h4-5,8,12,14,20H,3,6-7,9H2,1-2H3,(H2,18,19,21). The number of carbonyl (C=O) groups excluding carboxylic acids is 1. The number of aliphatic hydroxyl groups is 1. The van der Waals surface area contributed by atoms with E-state index in [-0.39, 0.29) is 0 Å². The van der Waals surface area contributed by atoms with E-state index < -0.39 is 25.2 Å². The van der Waals surface area contributed by atoms with Gasteiger partial charge in [0.1, 0.15) is 12.4 Å². The van der Waals surface area contributed by atoms with Gasteiger partial charge in [0, 0.05) is 18.3 Å². The Morgan fingerprint density at radius 2 is 2.14 bits per heavy atom. The van der Waals surface area contributed by atoms with Crippen molar-refractivity contribution < 1.29 is 23.4 Å². The number of aryl methyl sites for hydroxylation is 1. The van der Waals surface area contributed by atoms with Gasteiger partial charge in [-0.1, -0.05) is 13.0 Å². The summed E-state index contributed by atoms with van der Waals surface area (Å²) in [5.74, 6) is 0.305.